The number of carbonyl (C=O) groups is 1. The van der Waals surface area contributed by atoms with Crippen LogP contribution in [0.2, 0.25) is 0 Å². The number of aryl methyl sites for hydroxylation is 2. The molecule has 3 heteroatoms. The molecule has 1 saturated carbocycles. The number of rotatable bonds is 4. The number of quaternary nitrogens is 1. The Morgan fingerprint density at radius 2 is 1.67 bits per heavy atom. The number of hydrogen-bond donors (Lipinski definition) is 2. The lowest BCUT2D eigenvalue weighted by Gasteiger charge is -2.18. The molecule has 1 fully saturated rings. The molecule has 3 N–H and O–H groups in total. The predicted octanol–water partition coefficient (Wildman–Crippen LogP) is 2.92. The van der Waals surface area contributed by atoms with Crippen LogP contribution in [-0.4, -0.2) is 18.5 Å². The van der Waals surface area contributed by atoms with Crippen molar-refractivity contribution in [3.8, 4) is 0 Å². The first-order valence-corrected chi connectivity index (χ1v) is 8.36. The van der Waals surface area contributed by atoms with Gasteiger partial charge in [-0.3, -0.25) is 4.79 Å². The Morgan fingerprint density at radius 1 is 1.10 bits per heavy atom. The SMILES string of the molecule is Cc1cccc(C)c1NC(=O)C[NH2+]C1CCCCCCC1. The Labute approximate surface area is 128 Å². The van der Waals surface area contributed by atoms with Crippen LogP contribution in [0.25, 0.3) is 0 Å². The maximum absolute atomic E-state index is 12.2. The number of nitrogens with one attached hydrogen (secondary N) is 1. The van der Waals surface area contributed by atoms with Gasteiger partial charge in [-0.05, 0) is 50.7 Å². The monoisotopic (exact) mass is 289 g/mol. The van der Waals surface area contributed by atoms with Crippen LogP contribution in [0.3, 0.4) is 0 Å². The summed E-state index contributed by atoms with van der Waals surface area (Å²) in [5.74, 6) is 0.120. The van der Waals surface area contributed by atoms with Crippen molar-refractivity contribution in [2.24, 2.45) is 0 Å². The van der Waals surface area contributed by atoms with Gasteiger partial charge in [0.2, 0.25) is 0 Å². The van der Waals surface area contributed by atoms with E-state index in [0.717, 1.165) is 16.8 Å². The number of anilines is 1. The standard InChI is InChI=1S/C18H28N2O/c1-14-9-8-10-15(2)18(14)20-17(21)13-19-16-11-6-4-3-5-7-12-16/h8-10,16,19H,3-7,11-13H2,1-2H3,(H,20,21)/p+1. The van der Waals surface area contributed by atoms with Gasteiger partial charge in [-0.1, -0.05) is 37.5 Å². The third kappa shape index (κ3) is 5.16. The second-order valence-electron chi connectivity index (χ2n) is 6.36. The Balaban J connectivity index is 1.81. The van der Waals surface area contributed by atoms with Crippen molar-refractivity contribution in [1.82, 2.24) is 0 Å². The van der Waals surface area contributed by atoms with Crippen LogP contribution in [0.15, 0.2) is 18.2 Å². The zero-order valence-corrected chi connectivity index (χ0v) is 13.5. The summed E-state index contributed by atoms with van der Waals surface area (Å²) in [6, 6.07) is 6.75. The molecule has 0 aromatic heterocycles. The molecule has 0 bridgehead atoms. The van der Waals surface area contributed by atoms with E-state index in [1.165, 1.54) is 44.9 Å². The Hall–Kier alpha value is -1.35. The van der Waals surface area contributed by atoms with Gasteiger partial charge in [0.05, 0.1) is 6.04 Å². The molecule has 1 aromatic rings. The van der Waals surface area contributed by atoms with Gasteiger partial charge in [-0.2, -0.15) is 0 Å². The molecule has 1 aromatic carbocycles. The molecule has 0 atom stereocenters. The largest absolute Gasteiger partial charge is 0.336 e. The fourth-order valence-corrected chi connectivity index (χ4v) is 3.20. The minimum Gasteiger partial charge on any atom is -0.336 e. The molecule has 0 spiro atoms. The van der Waals surface area contributed by atoms with Gasteiger partial charge in [0, 0.05) is 5.69 Å². The molecule has 0 heterocycles. The lowest BCUT2D eigenvalue weighted by atomic mass is 9.97. The highest BCUT2D eigenvalue weighted by Gasteiger charge is 2.16. The van der Waals surface area contributed by atoms with Gasteiger partial charge in [-0.15, -0.1) is 0 Å². The summed E-state index contributed by atoms with van der Waals surface area (Å²) in [5, 5.41) is 5.32. The average molecular weight is 289 g/mol. The molecule has 2 rings (SSSR count). The van der Waals surface area contributed by atoms with Crippen molar-refractivity contribution in [2.45, 2.75) is 64.8 Å². The number of benzene rings is 1. The maximum atomic E-state index is 12.2. The van der Waals surface area contributed by atoms with Crippen molar-refractivity contribution in [1.29, 1.82) is 0 Å². The predicted molar refractivity (Wildman–Crippen MR) is 87.4 cm³/mol. The van der Waals surface area contributed by atoms with E-state index >= 15 is 0 Å². The fraction of sp³-hybridized carbons (Fsp3) is 0.611. The Morgan fingerprint density at radius 3 is 2.29 bits per heavy atom. The summed E-state index contributed by atoms with van der Waals surface area (Å²) in [4.78, 5) is 12.2. The van der Waals surface area contributed by atoms with Crippen molar-refractivity contribution >= 4 is 11.6 Å². The first-order valence-electron chi connectivity index (χ1n) is 8.36. The molecule has 0 saturated heterocycles. The van der Waals surface area contributed by atoms with E-state index in [1.807, 2.05) is 32.0 Å². The highest BCUT2D eigenvalue weighted by molar-refractivity contribution is 5.92. The second kappa shape index (κ2) is 8.18. The number of carbonyl (C=O) groups excluding carboxylic acids is 1. The minimum absolute atomic E-state index is 0.120. The molecule has 116 valence electrons. The molecule has 1 aliphatic rings. The summed E-state index contributed by atoms with van der Waals surface area (Å²) in [6.45, 7) is 4.63. The number of nitrogens with two attached hydrogens (primary N) is 1. The third-order valence-corrected chi connectivity index (χ3v) is 4.53. The first kappa shape index (κ1) is 16.0. The summed E-state index contributed by atoms with van der Waals surface area (Å²) < 4.78 is 0. The normalized spacial score (nSPS) is 17.0. The van der Waals surface area contributed by atoms with Gasteiger partial charge in [0.15, 0.2) is 6.54 Å². The summed E-state index contributed by atoms with van der Waals surface area (Å²) in [7, 11) is 0. The molecule has 0 aliphatic heterocycles. The van der Waals surface area contributed by atoms with E-state index in [2.05, 4.69) is 10.6 Å². The molecule has 1 amide bonds. The molecule has 21 heavy (non-hydrogen) atoms. The smallest absolute Gasteiger partial charge is 0.279 e. The Kier molecular flexibility index (Phi) is 6.24. The van der Waals surface area contributed by atoms with E-state index in [0.29, 0.717) is 12.6 Å². The van der Waals surface area contributed by atoms with Gasteiger partial charge < -0.3 is 10.6 Å². The maximum Gasteiger partial charge on any atom is 0.279 e. The van der Waals surface area contributed by atoms with Crippen LogP contribution < -0.4 is 10.6 Å². The zero-order valence-electron chi connectivity index (χ0n) is 13.5. The van der Waals surface area contributed by atoms with E-state index < -0.39 is 0 Å². The topological polar surface area (TPSA) is 45.7 Å². The number of hydrogen-bond acceptors (Lipinski definition) is 1. The molecular formula is C18H29N2O+. The van der Waals surface area contributed by atoms with Crippen LogP contribution in [0, 0.1) is 13.8 Å². The van der Waals surface area contributed by atoms with Crippen LogP contribution in [0.5, 0.6) is 0 Å². The van der Waals surface area contributed by atoms with Crippen molar-refractivity contribution in [3.05, 3.63) is 29.3 Å². The molecule has 0 radical (unpaired) electrons. The van der Waals surface area contributed by atoms with Crippen molar-refractivity contribution < 1.29 is 10.1 Å². The highest BCUT2D eigenvalue weighted by Crippen LogP contribution is 2.19. The molecular weight excluding hydrogens is 260 g/mol. The van der Waals surface area contributed by atoms with Crippen molar-refractivity contribution in [3.63, 3.8) is 0 Å². The quantitative estimate of drug-likeness (QED) is 0.879. The van der Waals surface area contributed by atoms with Gasteiger partial charge in [0.1, 0.15) is 0 Å². The Bertz CT molecular complexity index is 442. The molecule has 0 unspecified atom stereocenters. The van der Waals surface area contributed by atoms with E-state index in [9.17, 15) is 4.79 Å². The highest BCUT2D eigenvalue weighted by atomic mass is 16.1. The lowest BCUT2D eigenvalue weighted by molar-refractivity contribution is -0.680. The lowest BCUT2D eigenvalue weighted by Crippen LogP contribution is -2.91. The molecule has 3 nitrogen and oxygen atoms in total. The second-order valence-corrected chi connectivity index (χ2v) is 6.36. The minimum atomic E-state index is 0.120. The van der Waals surface area contributed by atoms with Gasteiger partial charge in [-0.25, -0.2) is 0 Å². The zero-order chi connectivity index (χ0) is 15.1. The summed E-state index contributed by atoms with van der Waals surface area (Å²) in [6.07, 6.45) is 9.27. The first-order chi connectivity index (χ1) is 10.2. The summed E-state index contributed by atoms with van der Waals surface area (Å²) >= 11 is 0. The van der Waals surface area contributed by atoms with Crippen molar-refractivity contribution in [2.75, 3.05) is 11.9 Å². The fourth-order valence-electron chi connectivity index (χ4n) is 3.20. The van der Waals surface area contributed by atoms with Crippen LogP contribution in [0.1, 0.15) is 56.1 Å². The van der Waals surface area contributed by atoms with E-state index in [1.54, 1.807) is 0 Å². The average Bonchev–Trinajstić information content (AvgIpc) is 2.42. The van der Waals surface area contributed by atoms with Crippen LogP contribution in [0.4, 0.5) is 5.69 Å². The third-order valence-electron chi connectivity index (χ3n) is 4.53. The van der Waals surface area contributed by atoms with E-state index in [4.69, 9.17) is 0 Å². The summed E-state index contributed by atoms with van der Waals surface area (Å²) in [5.41, 5.74) is 3.25. The van der Waals surface area contributed by atoms with E-state index in [-0.39, 0.29) is 5.91 Å². The van der Waals surface area contributed by atoms with Gasteiger partial charge in [0.25, 0.3) is 5.91 Å². The van der Waals surface area contributed by atoms with Gasteiger partial charge >= 0.3 is 0 Å². The molecule has 1 aliphatic carbocycles. The number of amides is 1. The van der Waals surface area contributed by atoms with Crippen LogP contribution in [-0.2, 0) is 4.79 Å². The van der Waals surface area contributed by atoms with Crippen LogP contribution >= 0.6 is 0 Å². The number of para-hydroxylation sites is 1.